The van der Waals surface area contributed by atoms with Gasteiger partial charge in [0, 0.05) is 5.39 Å². The number of rotatable bonds is 3. The maximum atomic E-state index is 11.7. The molecule has 0 N–H and O–H groups in total. The number of benzene rings is 2. The number of furan rings is 1. The van der Waals surface area contributed by atoms with Crippen LogP contribution in [0.1, 0.15) is 17.5 Å². The quantitative estimate of drug-likeness (QED) is 0.664. The fraction of sp³-hybridized carbons (Fsp3) is 0.118. The van der Waals surface area contributed by atoms with Gasteiger partial charge in [-0.15, -0.1) is 0 Å². The topological polar surface area (TPSA) is 39.4 Å². The summed E-state index contributed by atoms with van der Waals surface area (Å²) in [4.78, 5) is 11.7. The van der Waals surface area contributed by atoms with E-state index in [-0.39, 0.29) is 5.76 Å². The number of hydrogen-bond acceptors (Lipinski definition) is 3. The van der Waals surface area contributed by atoms with Crippen LogP contribution in [0.2, 0.25) is 0 Å². The Morgan fingerprint density at radius 1 is 1.05 bits per heavy atom. The summed E-state index contributed by atoms with van der Waals surface area (Å²) in [5.41, 5.74) is 2.91. The number of ether oxygens (including phenoxy) is 1. The van der Waals surface area contributed by atoms with Crippen LogP contribution in [-0.4, -0.2) is 12.6 Å². The van der Waals surface area contributed by atoms with Gasteiger partial charge in [0.15, 0.2) is 0 Å². The van der Waals surface area contributed by atoms with Crippen LogP contribution in [-0.2, 0) is 4.74 Å². The molecule has 1 heterocycles. The monoisotopic (exact) mass is 266 g/mol. The first-order valence-corrected chi connectivity index (χ1v) is 6.54. The van der Waals surface area contributed by atoms with E-state index in [9.17, 15) is 4.79 Å². The third-order valence-corrected chi connectivity index (χ3v) is 3.10. The third kappa shape index (κ3) is 2.30. The highest BCUT2D eigenvalue weighted by Crippen LogP contribution is 2.26. The SMILES string of the molecule is CCOC(=O)c1cc2cc(-c3ccccc3)ccc2o1. The van der Waals surface area contributed by atoms with Crippen LogP contribution in [0.3, 0.4) is 0 Å². The van der Waals surface area contributed by atoms with E-state index in [1.54, 1.807) is 13.0 Å². The van der Waals surface area contributed by atoms with Gasteiger partial charge in [-0.3, -0.25) is 0 Å². The summed E-state index contributed by atoms with van der Waals surface area (Å²) >= 11 is 0. The number of hydrogen-bond donors (Lipinski definition) is 0. The second-order valence-electron chi connectivity index (χ2n) is 4.45. The predicted octanol–water partition coefficient (Wildman–Crippen LogP) is 4.28. The van der Waals surface area contributed by atoms with E-state index in [2.05, 4.69) is 0 Å². The standard InChI is InChI=1S/C17H14O3/c1-2-19-17(18)16-11-14-10-13(8-9-15(14)20-16)12-6-4-3-5-7-12/h3-11H,2H2,1H3. The fourth-order valence-corrected chi connectivity index (χ4v) is 2.16. The fourth-order valence-electron chi connectivity index (χ4n) is 2.16. The lowest BCUT2D eigenvalue weighted by atomic mass is 10.0. The van der Waals surface area contributed by atoms with Crippen LogP contribution in [0, 0.1) is 0 Å². The lowest BCUT2D eigenvalue weighted by molar-refractivity contribution is 0.0492. The van der Waals surface area contributed by atoms with Crippen LogP contribution in [0.15, 0.2) is 59.0 Å². The van der Waals surface area contributed by atoms with Crippen LogP contribution in [0.25, 0.3) is 22.1 Å². The minimum absolute atomic E-state index is 0.243. The first-order chi connectivity index (χ1) is 9.78. The molecule has 0 aliphatic heterocycles. The summed E-state index contributed by atoms with van der Waals surface area (Å²) in [7, 11) is 0. The first kappa shape index (κ1) is 12.5. The van der Waals surface area contributed by atoms with Gasteiger partial charge in [-0.05, 0) is 36.2 Å². The Morgan fingerprint density at radius 2 is 1.85 bits per heavy atom. The molecule has 3 heteroatoms. The van der Waals surface area contributed by atoms with Crippen molar-refractivity contribution >= 4 is 16.9 Å². The zero-order chi connectivity index (χ0) is 13.9. The molecule has 0 spiro atoms. The second kappa shape index (κ2) is 5.21. The van der Waals surface area contributed by atoms with Crippen molar-refractivity contribution in [1.29, 1.82) is 0 Å². The zero-order valence-electron chi connectivity index (χ0n) is 11.1. The highest BCUT2D eigenvalue weighted by Gasteiger charge is 2.13. The summed E-state index contributed by atoms with van der Waals surface area (Å²) in [6.45, 7) is 2.11. The molecule has 3 nitrogen and oxygen atoms in total. The molecule has 0 saturated carbocycles. The maximum absolute atomic E-state index is 11.7. The number of fused-ring (bicyclic) bond motifs is 1. The Labute approximate surface area is 116 Å². The molecule has 20 heavy (non-hydrogen) atoms. The molecule has 0 aliphatic carbocycles. The van der Waals surface area contributed by atoms with E-state index in [0.717, 1.165) is 16.5 Å². The van der Waals surface area contributed by atoms with Crippen molar-refractivity contribution in [2.45, 2.75) is 6.92 Å². The molecule has 0 fully saturated rings. The van der Waals surface area contributed by atoms with Crippen molar-refractivity contribution in [3.05, 3.63) is 60.4 Å². The number of carbonyl (C=O) groups is 1. The lowest BCUT2D eigenvalue weighted by Crippen LogP contribution is -2.02. The Balaban J connectivity index is 2.02. The summed E-state index contributed by atoms with van der Waals surface area (Å²) in [6.07, 6.45) is 0. The van der Waals surface area contributed by atoms with E-state index < -0.39 is 5.97 Å². The van der Waals surface area contributed by atoms with Gasteiger partial charge in [0.05, 0.1) is 6.61 Å². The van der Waals surface area contributed by atoms with Crippen molar-refractivity contribution in [3.8, 4) is 11.1 Å². The van der Waals surface area contributed by atoms with Gasteiger partial charge >= 0.3 is 5.97 Å². The highest BCUT2D eigenvalue weighted by atomic mass is 16.5. The highest BCUT2D eigenvalue weighted by molar-refractivity contribution is 5.93. The summed E-state index contributed by atoms with van der Waals surface area (Å²) in [5.74, 6) is -0.183. The van der Waals surface area contributed by atoms with Gasteiger partial charge in [0.1, 0.15) is 5.58 Å². The molecule has 2 aromatic carbocycles. The average Bonchev–Trinajstić information content (AvgIpc) is 2.91. The third-order valence-electron chi connectivity index (χ3n) is 3.10. The van der Waals surface area contributed by atoms with E-state index in [1.165, 1.54) is 0 Å². The van der Waals surface area contributed by atoms with Gasteiger partial charge in [-0.2, -0.15) is 0 Å². The summed E-state index contributed by atoms with van der Waals surface area (Å²) in [5, 5.41) is 0.898. The molecule has 1 aromatic heterocycles. The van der Waals surface area contributed by atoms with Gasteiger partial charge in [0.2, 0.25) is 5.76 Å². The Hall–Kier alpha value is -2.55. The molecular weight excluding hydrogens is 252 g/mol. The van der Waals surface area contributed by atoms with Gasteiger partial charge in [-0.1, -0.05) is 36.4 Å². The van der Waals surface area contributed by atoms with Gasteiger partial charge in [0.25, 0.3) is 0 Å². The predicted molar refractivity (Wildman–Crippen MR) is 77.6 cm³/mol. The second-order valence-corrected chi connectivity index (χ2v) is 4.45. The number of carbonyl (C=O) groups excluding carboxylic acids is 1. The summed E-state index contributed by atoms with van der Waals surface area (Å²) < 4.78 is 10.4. The van der Waals surface area contributed by atoms with E-state index in [0.29, 0.717) is 12.2 Å². The Kier molecular flexibility index (Phi) is 3.25. The Morgan fingerprint density at radius 3 is 2.60 bits per heavy atom. The zero-order valence-corrected chi connectivity index (χ0v) is 11.1. The van der Waals surface area contributed by atoms with Crippen molar-refractivity contribution in [1.82, 2.24) is 0 Å². The molecule has 0 atom stereocenters. The van der Waals surface area contributed by atoms with Crippen molar-refractivity contribution in [3.63, 3.8) is 0 Å². The van der Waals surface area contributed by atoms with Crippen LogP contribution >= 0.6 is 0 Å². The lowest BCUT2D eigenvalue weighted by Gasteiger charge is -2.00. The van der Waals surface area contributed by atoms with Gasteiger partial charge in [-0.25, -0.2) is 4.79 Å². The van der Waals surface area contributed by atoms with Crippen LogP contribution in [0.4, 0.5) is 0 Å². The molecule has 0 radical (unpaired) electrons. The van der Waals surface area contributed by atoms with E-state index in [1.807, 2.05) is 48.5 Å². The first-order valence-electron chi connectivity index (χ1n) is 6.54. The smallest absolute Gasteiger partial charge is 0.374 e. The molecule has 0 unspecified atom stereocenters. The van der Waals surface area contributed by atoms with E-state index >= 15 is 0 Å². The largest absolute Gasteiger partial charge is 0.460 e. The normalized spacial score (nSPS) is 10.7. The average molecular weight is 266 g/mol. The number of esters is 1. The molecule has 0 bridgehead atoms. The maximum Gasteiger partial charge on any atom is 0.374 e. The van der Waals surface area contributed by atoms with Crippen molar-refractivity contribution < 1.29 is 13.9 Å². The van der Waals surface area contributed by atoms with Crippen molar-refractivity contribution in [2.24, 2.45) is 0 Å². The van der Waals surface area contributed by atoms with E-state index in [4.69, 9.17) is 9.15 Å². The molecule has 3 aromatic rings. The van der Waals surface area contributed by atoms with Crippen LogP contribution in [0.5, 0.6) is 0 Å². The molecule has 0 amide bonds. The molecule has 0 saturated heterocycles. The molecule has 3 rings (SSSR count). The minimum Gasteiger partial charge on any atom is -0.460 e. The molecule has 100 valence electrons. The Bertz CT molecular complexity index is 741. The minimum atomic E-state index is -0.426. The molecular formula is C17H14O3. The van der Waals surface area contributed by atoms with Crippen molar-refractivity contribution in [2.75, 3.05) is 6.61 Å². The van der Waals surface area contributed by atoms with Crippen LogP contribution < -0.4 is 0 Å². The van der Waals surface area contributed by atoms with Gasteiger partial charge < -0.3 is 9.15 Å². The summed E-state index contributed by atoms with van der Waals surface area (Å²) in [6, 6.07) is 17.7. The molecule has 0 aliphatic rings.